The van der Waals surface area contributed by atoms with Crippen LogP contribution in [0.3, 0.4) is 0 Å². The van der Waals surface area contributed by atoms with Crippen LogP contribution in [0.4, 0.5) is 13.2 Å². The lowest BCUT2D eigenvalue weighted by atomic mass is 9.86. The van der Waals surface area contributed by atoms with Gasteiger partial charge in [0.2, 0.25) is 11.8 Å². The number of likely N-dealkylation sites (tertiary alicyclic amines) is 1. The summed E-state index contributed by atoms with van der Waals surface area (Å²) in [4.78, 5) is 15.6. The number of nitrogens with zero attached hydrogens (tertiary/aromatic N) is 4. The fourth-order valence-electron chi connectivity index (χ4n) is 6.39. The van der Waals surface area contributed by atoms with Crippen molar-refractivity contribution in [2.24, 2.45) is 5.92 Å². The van der Waals surface area contributed by atoms with Gasteiger partial charge in [-0.25, -0.2) is 13.2 Å². The van der Waals surface area contributed by atoms with Gasteiger partial charge in [0.1, 0.15) is 17.5 Å². The van der Waals surface area contributed by atoms with Crippen LogP contribution in [0.1, 0.15) is 114 Å². The molecule has 1 saturated heterocycles. The van der Waals surface area contributed by atoms with Crippen molar-refractivity contribution in [1.82, 2.24) is 25.0 Å². The van der Waals surface area contributed by atoms with Crippen LogP contribution in [-0.2, 0) is 4.79 Å². The monoisotopic (exact) mass is 547 g/mol. The zero-order chi connectivity index (χ0) is 28.2. The van der Waals surface area contributed by atoms with Crippen molar-refractivity contribution in [3.63, 3.8) is 0 Å². The number of hydrogen-bond donors (Lipinski definition) is 1. The van der Waals surface area contributed by atoms with E-state index in [4.69, 9.17) is 0 Å². The van der Waals surface area contributed by atoms with Crippen molar-refractivity contribution in [1.29, 1.82) is 0 Å². The van der Waals surface area contributed by atoms with E-state index in [1.165, 1.54) is 12.1 Å². The third-order valence-corrected chi connectivity index (χ3v) is 8.65. The van der Waals surface area contributed by atoms with Crippen LogP contribution in [-0.4, -0.2) is 50.6 Å². The SMILES string of the molecule is CCC(CC1CCCN1CC[C@H](NC(=O)C1CCC(F)(F)CC1)c1cccc(F)c1)n1c(C)nnc1C(C)C. The molecule has 4 rings (SSSR count). The van der Waals surface area contributed by atoms with Gasteiger partial charge in [0.25, 0.3) is 0 Å². The van der Waals surface area contributed by atoms with E-state index >= 15 is 0 Å². The van der Waals surface area contributed by atoms with Crippen LogP contribution in [0.2, 0.25) is 0 Å². The third kappa shape index (κ3) is 7.41. The summed E-state index contributed by atoms with van der Waals surface area (Å²) < 4.78 is 43.7. The molecule has 0 radical (unpaired) electrons. The normalized spacial score (nSPS) is 21.8. The second kappa shape index (κ2) is 12.8. The molecule has 1 N–H and O–H groups in total. The second-order valence-corrected chi connectivity index (χ2v) is 11.8. The van der Waals surface area contributed by atoms with Crippen LogP contribution in [0.15, 0.2) is 24.3 Å². The van der Waals surface area contributed by atoms with Gasteiger partial charge < -0.3 is 14.8 Å². The summed E-state index contributed by atoms with van der Waals surface area (Å²) in [5.74, 6) is -1.38. The van der Waals surface area contributed by atoms with Crippen LogP contribution in [0.25, 0.3) is 0 Å². The van der Waals surface area contributed by atoms with Gasteiger partial charge >= 0.3 is 0 Å². The first-order valence-electron chi connectivity index (χ1n) is 14.7. The molecule has 2 unspecified atom stereocenters. The number of halogens is 3. The van der Waals surface area contributed by atoms with E-state index in [1.807, 2.05) is 13.0 Å². The number of carbonyl (C=O) groups is 1. The summed E-state index contributed by atoms with van der Waals surface area (Å²) >= 11 is 0. The Morgan fingerprint density at radius 2 is 1.92 bits per heavy atom. The molecule has 1 amide bonds. The molecule has 2 fully saturated rings. The Bertz CT molecular complexity index is 1090. The number of carbonyl (C=O) groups excluding carboxylic acids is 1. The number of hydrogen-bond acceptors (Lipinski definition) is 4. The molecule has 0 spiro atoms. The minimum Gasteiger partial charge on any atom is -0.349 e. The topological polar surface area (TPSA) is 63.1 Å². The zero-order valence-corrected chi connectivity index (χ0v) is 23.8. The average Bonchev–Trinajstić information content (AvgIpc) is 3.50. The maximum Gasteiger partial charge on any atom is 0.248 e. The average molecular weight is 548 g/mol. The van der Waals surface area contributed by atoms with Gasteiger partial charge in [-0.2, -0.15) is 0 Å². The molecule has 1 aromatic carbocycles. The van der Waals surface area contributed by atoms with E-state index in [1.54, 1.807) is 6.07 Å². The molecule has 0 bridgehead atoms. The van der Waals surface area contributed by atoms with Crippen LogP contribution < -0.4 is 5.32 Å². The predicted molar refractivity (Wildman–Crippen MR) is 146 cm³/mol. The standard InChI is InChI=1S/C30H44F3N5O/c1-5-25(38-21(4)35-36-28(38)20(2)3)19-26-10-7-16-37(26)17-13-27(23-8-6-9-24(31)18-23)34-29(39)22-11-14-30(32,33)15-12-22/h6,8-9,18,20,22,25-27H,5,7,10-17,19H2,1-4H3,(H,34,39)/t25?,26?,27-/m0/s1. The minimum atomic E-state index is -2.68. The van der Waals surface area contributed by atoms with Gasteiger partial charge in [-0.1, -0.05) is 32.9 Å². The number of rotatable bonds is 11. The number of benzene rings is 1. The summed E-state index contributed by atoms with van der Waals surface area (Å²) in [6.45, 7) is 10.3. The van der Waals surface area contributed by atoms with Crippen molar-refractivity contribution < 1.29 is 18.0 Å². The molecule has 2 aliphatic rings. The number of alkyl halides is 2. The van der Waals surface area contributed by atoms with E-state index in [2.05, 4.69) is 45.8 Å². The molecule has 6 nitrogen and oxygen atoms in total. The summed E-state index contributed by atoms with van der Waals surface area (Å²) in [5, 5.41) is 11.9. The lowest BCUT2D eigenvalue weighted by Crippen LogP contribution is -2.40. The van der Waals surface area contributed by atoms with Crippen LogP contribution >= 0.6 is 0 Å². The highest BCUT2D eigenvalue weighted by Crippen LogP contribution is 2.37. The fraction of sp³-hybridized carbons (Fsp3) is 0.700. The maximum absolute atomic E-state index is 14.1. The Morgan fingerprint density at radius 3 is 2.59 bits per heavy atom. The number of aromatic nitrogens is 3. The molecule has 3 atom stereocenters. The first-order valence-corrected chi connectivity index (χ1v) is 14.7. The number of aryl methyl sites for hydroxylation is 1. The van der Waals surface area contributed by atoms with E-state index in [0.717, 1.165) is 50.4 Å². The van der Waals surface area contributed by atoms with Gasteiger partial charge in [0.15, 0.2) is 0 Å². The lowest BCUT2D eigenvalue weighted by molar-refractivity contribution is -0.130. The van der Waals surface area contributed by atoms with Crippen molar-refractivity contribution >= 4 is 5.91 Å². The Hall–Kier alpha value is -2.42. The van der Waals surface area contributed by atoms with E-state index < -0.39 is 11.8 Å². The Labute approximate surface area is 230 Å². The summed E-state index contributed by atoms with van der Waals surface area (Å²) in [5.41, 5.74) is 0.716. The lowest BCUT2D eigenvalue weighted by Gasteiger charge is -2.32. The fourth-order valence-corrected chi connectivity index (χ4v) is 6.39. The van der Waals surface area contributed by atoms with Gasteiger partial charge in [-0.3, -0.25) is 4.79 Å². The molecular formula is C30H44F3N5O. The molecule has 1 aliphatic heterocycles. The van der Waals surface area contributed by atoms with Gasteiger partial charge in [0, 0.05) is 43.3 Å². The van der Waals surface area contributed by atoms with Gasteiger partial charge in [0.05, 0.1) is 6.04 Å². The predicted octanol–water partition coefficient (Wildman–Crippen LogP) is 6.73. The van der Waals surface area contributed by atoms with Crippen molar-refractivity contribution in [3.05, 3.63) is 47.3 Å². The molecule has 1 aromatic heterocycles. The Kier molecular flexibility index (Phi) is 9.73. The highest BCUT2D eigenvalue weighted by molar-refractivity contribution is 5.79. The molecule has 2 aromatic rings. The first-order chi connectivity index (χ1) is 18.6. The molecular weight excluding hydrogens is 503 g/mol. The molecule has 39 heavy (non-hydrogen) atoms. The second-order valence-electron chi connectivity index (χ2n) is 11.8. The number of amides is 1. The zero-order valence-electron chi connectivity index (χ0n) is 23.8. The highest BCUT2D eigenvalue weighted by Gasteiger charge is 2.38. The smallest absolute Gasteiger partial charge is 0.248 e. The highest BCUT2D eigenvalue weighted by atomic mass is 19.3. The van der Waals surface area contributed by atoms with E-state index in [-0.39, 0.29) is 43.4 Å². The number of nitrogens with one attached hydrogen (secondary N) is 1. The third-order valence-electron chi connectivity index (χ3n) is 8.65. The minimum absolute atomic E-state index is 0.183. The summed E-state index contributed by atoms with van der Waals surface area (Å²) in [6, 6.07) is 6.70. The van der Waals surface area contributed by atoms with E-state index in [0.29, 0.717) is 30.0 Å². The van der Waals surface area contributed by atoms with Crippen LogP contribution in [0, 0.1) is 18.7 Å². The quantitative estimate of drug-likeness (QED) is 0.339. The van der Waals surface area contributed by atoms with Crippen LogP contribution in [0.5, 0.6) is 0 Å². The first kappa shape index (κ1) is 29.6. The molecule has 2 heterocycles. The molecule has 9 heteroatoms. The molecule has 1 aliphatic carbocycles. The summed E-state index contributed by atoms with van der Waals surface area (Å²) in [7, 11) is 0. The maximum atomic E-state index is 14.1. The largest absolute Gasteiger partial charge is 0.349 e. The van der Waals surface area contributed by atoms with Gasteiger partial charge in [-0.15, -0.1) is 10.2 Å². The van der Waals surface area contributed by atoms with Crippen molar-refractivity contribution in [2.75, 3.05) is 13.1 Å². The summed E-state index contributed by atoms with van der Waals surface area (Å²) in [6.07, 6.45) is 4.71. The van der Waals surface area contributed by atoms with E-state index in [9.17, 15) is 18.0 Å². The van der Waals surface area contributed by atoms with Crippen molar-refractivity contribution in [3.8, 4) is 0 Å². The molecule has 1 saturated carbocycles. The molecule has 216 valence electrons. The Balaban J connectivity index is 1.43. The van der Waals surface area contributed by atoms with Crippen molar-refractivity contribution in [2.45, 2.75) is 115 Å². The Morgan fingerprint density at radius 1 is 1.18 bits per heavy atom. The van der Waals surface area contributed by atoms with Gasteiger partial charge in [-0.05, 0) is 76.1 Å².